The number of phenols is 1. The average molecular weight is 454 g/mol. The minimum Gasteiger partial charge on any atom is -0.508 e. The van der Waals surface area contributed by atoms with E-state index in [1.807, 2.05) is 0 Å². The molecule has 1 aliphatic carbocycles. The summed E-state index contributed by atoms with van der Waals surface area (Å²) in [7, 11) is 0. The number of halogens is 2. The number of ether oxygens (including phenoxy) is 1. The Morgan fingerprint density at radius 2 is 2.09 bits per heavy atom. The summed E-state index contributed by atoms with van der Waals surface area (Å²) in [5.41, 5.74) is 4.76. The molecule has 4 rings (SSSR count). The summed E-state index contributed by atoms with van der Waals surface area (Å²) in [5.74, 6) is -5.06. The van der Waals surface area contributed by atoms with Gasteiger partial charge >= 0.3 is 11.9 Å². The van der Waals surface area contributed by atoms with Crippen molar-refractivity contribution in [2.75, 3.05) is 6.61 Å². The van der Waals surface area contributed by atoms with Crippen molar-refractivity contribution in [3.8, 4) is 5.75 Å². The molecule has 3 aromatic rings. The molecule has 0 fully saturated rings. The number of aromatic hydroxyl groups is 1. The van der Waals surface area contributed by atoms with Crippen molar-refractivity contribution in [3.05, 3.63) is 70.2 Å². The Balaban J connectivity index is 1.93. The Kier molecular flexibility index (Phi) is 6.01. The highest BCUT2D eigenvalue weighted by atomic mass is 19.3. The van der Waals surface area contributed by atoms with Crippen LogP contribution in [-0.2, 0) is 16.0 Å². The SMILES string of the molecule is CCOC(=O)C(F)(F)CC1=C(c2ccn3cc(C=O)nc3c2)c2ccc(O)c(C)c2CCC1. The normalized spacial score (nSPS) is 14.2. The number of nitrogens with zero attached hydrogens (tertiary/aromatic N) is 2. The third-order valence-corrected chi connectivity index (χ3v) is 6.00. The molecule has 33 heavy (non-hydrogen) atoms. The second kappa shape index (κ2) is 8.77. The number of phenolic OH excluding ortho intramolecular Hbond substituents is 1. The van der Waals surface area contributed by atoms with Crippen LogP contribution in [0.25, 0.3) is 11.2 Å². The van der Waals surface area contributed by atoms with Crippen molar-refractivity contribution < 1.29 is 28.2 Å². The van der Waals surface area contributed by atoms with Crippen molar-refractivity contribution in [2.24, 2.45) is 0 Å². The van der Waals surface area contributed by atoms with E-state index in [9.17, 15) is 23.5 Å². The lowest BCUT2D eigenvalue weighted by atomic mass is 9.87. The summed E-state index contributed by atoms with van der Waals surface area (Å²) in [6.07, 6.45) is 4.74. The molecule has 0 radical (unpaired) electrons. The lowest BCUT2D eigenvalue weighted by Gasteiger charge is -2.21. The van der Waals surface area contributed by atoms with E-state index in [1.54, 1.807) is 48.0 Å². The van der Waals surface area contributed by atoms with Gasteiger partial charge in [-0.2, -0.15) is 8.78 Å². The number of aldehydes is 1. The fourth-order valence-corrected chi connectivity index (χ4v) is 4.42. The van der Waals surface area contributed by atoms with Gasteiger partial charge in [0.25, 0.3) is 0 Å². The highest BCUT2D eigenvalue weighted by Crippen LogP contribution is 2.42. The Hall–Kier alpha value is -3.55. The number of hydrogen-bond donors (Lipinski definition) is 1. The van der Waals surface area contributed by atoms with Crippen LogP contribution in [0.1, 0.15) is 58.9 Å². The van der Waals surface area contributed by atoms with Gasteiger partial charge in [-0.05, 0) is 79.1 Å². The highest BCUT2D eigenvalue weighted by Gasteiger charge is 2.42. The van der Waals surface area contributed by atoms with Gasteiger partial charge in [0.1, 0.15) is 17.1 Å². The zero-order valence-electron chi connectivity index (χ0n) is 18.4. The largest absolute Gasteiger partial charge is 0.508 e. The van der Waals surface area contributed by atoms with E-state index in [0.29, 0.717) is 53.5 Å². The number of fused-ring (bicyclic) bond motifs is 2. The van der Waals surface area contributed by atoms with Crippen molar-refractivity contribution in [1.82, 2.24) is 9.38 Å². The lowest BCUT2D eigenvalue weighted by molar-refractivity contribution is -0.171. The predicted octanol–water partition coefficient (Wildman–Crippen LogP) is 4.89. The quantitative estimate of drug-likeness (QED) is 0.424. The summed E-state index contributed by atoms with van der Waals surface area (Å²) in [4.78, 5) is 27.3. The molecule has 0 spiro atoms. The highest BCUT2D eigenvalue weighted by molar-refractivity contribution is 5.87. The van der Waals surface area contributed by atoms with Crippen LogP contribution in [0.15, 0.2) is 42.2 Å². The number of esters is 1. The minimum atomic E-state index is -3.67. The van der Waals surface area contributed by atoms with Crippen LogP contribution in [0.4, 0.5) is 8.78 Å². The topological polar surface area (TPSA) is 80.9 Å². The molecule has 0 amide bonds. The molecule has 172 valence electrons. The summed E-state index contributed by atoms with van der Waals surface area (Å²) in [6, 6.07) is 6.80. The van der Waals surface area contributed by atoms with Gasteiger partial charge in [-0.3, -0.25) is 4.79 Å². The molecule has 2 aromatic heterocycles. The third kappa shape index (κ3) is 4.25. The Labute approximate surface area is 189 Å². The number of aromatic nitrogens is 2. The predicted molar refractivity (Wildman–Crippen MR) is 119 cm³/mol. The number of alkyl halides is 2. The van der Waals surface area contributed by atoms with Crippen LogP contribution in [0, 0.1) is 6.92 Å². The van der Waals surface area contributed by atoms with E-state index in [0.717, 1.165) is 11.1 Å². The van der Waals surface area contributed by atoms with E-state index in [-0.39, 0.29) is 18.1 Å². The van der Waals surface area contributed by atoms with Gasteiger partial charge in [-0.1, -0.05) is 11.6 Å². The second-order valence-corrected chi connectivity index (χ2v) is 8.13. The molecule has 1 aromatic carbocycles. The second-order valence-electron chi connectivity index (χ2n) is 8.13. The third-order valence-electron chi connectivity index (χ3n) is 6.00. The fraction of sp³-hybridized carbons (Fsp3) is 0.320. The molecule has 1 N–H and O–H groups in total. The molecule has 2 heterocycles. The monoisotopic (exact) mass is 454 g/mol. The first kappa shape index (κ1) is 22.6. The number of pyridine rings is 1. The number of carbonyl (C=O) groups is 2. The Bertz CT molecular complexity index is 1280. The van der Waals surface area contributed by atoms with Crippen LogP contribution >= 0.6 is 0 Å². The molecule has 1 aliphatic rings. The molecule has 0 atom stereocenters. The molecular weight excluding hydrogens is 430 g/mol. The van der Waals surface area contributed by atoms with Crippen LogP contribution in [-0.4, -0.2) is 39.3 Å². The van der Waals surface area contributed by atoms with Crippen molar-refractivity contribution in [1.29, 1.82) is 0 Å². The van der Waals surface area contributed by atoms with Gasteiger partial charge < -0.3 is 14.2 Å². The zero-order valence-corrected chi connectivity index (χ0v) is 18.4. The van der Waals surface area contributed by atoms with Crippen molar-refractivity contribution >= 4 is 23.5 Å². The molecule has 0 aliphatic heterocycles. The van der Waals surface area contributed by atoms with E-state index < -0.39 is 18.3 Å². The smallest absolute Gasteiger partial charge is 0.377 e. The van der Waals surface area contributed by atoms with E-state index in [2.05, 4.69) is 9.72 Å². The summed E-state index contributed by atoms with van der Waals surface area (Å²) < 4.78 is 35.9. The molecular formula is C25H24F2N2O4. The molecule has 0 bridgehead atoms. The van der Waals surface area contributed by atoms with Gasteiger partial charge in [-0.25, -0.2) is 9.78 Å². The molecule has 8 heteroatoms. The maximum absolute atomic E-state index is 14.8. The zero-order chi connectivity index (χ0) is 23.8. The maximum Gasteiger partial charge on any atom is 0.377 e. The van der Waals surface area contributed by atoms with E-state index >= 15 is 0 Å². The van der Waals surface area contributed by atoms with Crippen molar-refractivity contribution in [2.45, 2.75) is 45.5 Å². The number of hydrogen-bond acceptors (Lipinski definition) is 5. The van der Waals surface area contributed by atoms with Gasteiger partial charge in [0.05, 0.1) is 6.61 Å². The summed E-state index contributed by atoms with van der Waals surface area (Å²) >= 11 is 0. The van der Waals surface area contributed by atoms with Gasteiger partial charge in [0.15, 0.2) is 6.29 Å². The number of allylic oxidation sites excluding steroid dienone is 1. The number of imidazole rings is 1. The molecule has 0 saturated carbocycles. The van der Waals surface area contributed by atoms with Crippen LogP contribution in [0.5, 0.6) is 5.75 Å². The molecule has 0 unspecified atom stereocenters. The minimum absolute atomic E-state index is 0.128. The lowest BCUT2D eigenvalue weighted by Crippen LogP contribution is -2.31. The molecule has 6 nitrogen and oxygen atoms in total. The maximum atomic E-state index is 14.8. The number of rotatable bonds is 6. The first-order valence-corrected chi connectivity index (χ1v) is 10.8. The number of carbonyl (C=O) groups excluding carboxylic acids is 2. The first-order chi connectivity index (χ1) is 15.7. The average Bonchev–Trinajstić information content (AvgIpc) is 3.11. The van der Waals surface area contributed by atoms with Crippen LogP contribution < -0.4 is 0 Å². The molecule has 0 saturated heterocycles. The number of benzene rings is 1. The van der Waals surface area contributed by atoms with E-state index in [1.165, 1.54) is 6.92 Å². The van der Waals surface area contributed by atoms with Crippen LogP contribution in [0.2, 0.25) is 0 Å². The Morgan fingerprint density at radius 3 is 2.82 bits per heavy atom. The van der Waals surface area contributed by atoms with Crippen molar-refractivity contribution in [3.63, 3.8) is 0 Å². The van der Waals surface area contributed by atoms with Gasteiger partial charge in [0, 0.05) is 18.8 Å². The summed E-state index contributed by atoms with van der Waals surface area (Å²) in [5, 5.41) is 10.2. The van der Waals surface area contributed by atoms with Gasteiger partial charge in [-0.15, -0.1) is 0 Å². The van der Waals surface area contributed by atoms with Gasteiger partial charge in [0.2, 0.25) is 0 Å². The first-order valence-electron chi connectivity index (χ1n) is 10.8. The van der Waals surface area contributed by atoms with E-state index in [4.69, 9.17) is 0 Å². The summed E-state index contributed by atoms with van der Waals surface area (Å²) in [6.45, 7) is 3.17. The fourth-order valence-electron chi connectivity index (χ4n) is 4.42. The Morgan fingerprint density at radius 1 is 1.30 bits per heavy atom. The van der Waals surface area contributed by atoms with Crippen LogP contribution in [0.3, 0.4) is 0 Å². The standard InChI is InChI=1S/C25H24F2N2O4/c1-3-33-24(32)25(26,27)12-17-5-4-6-19-15(2)21(31)8-7-20(19)23(17)16-9-10-29-13-18(14-30)28-22(29)11-16/h7-11,13-14,31H,3-6,12H2,1-2H3.